The minimum atomic E-state index is -0.702. The first kappa shape index (κ1) is 18.1. The molecule has 0 saturated heterocycles. The molecule has 0 aliphatic heterocycles. The molecule has 0 atom stereocenters. The summed E-state index contributed by atoms with van der Waals surface area (Å²) >= 11 is 0. The molecule has 0 saturated carbocycles. The molecule has 25 heavy (non-hydrogen) atoms. The van der Waals surface area contributed by atoms with Gasteiger partial charge in [-0.1, -0.05) is 25.5 Å². The van der Waals surface area contributed by atoms with E-state index >= 15 is 0 Å². The fraction of sp³-hybridized carbons (Fsp3) is 0.222. The van der Waals surface area contributed by atoms with Crippen molar-refractivity contribution >= 4 is 17.6 Å². The quantitative estimate of drug-likeness (QED) is 0.327. The van der Waals surface area contributed by atoms with Gasteiger partial charge in [-0.3, -0.25) is 14.9 Å². The Labute approximate surface area is 144 Å². The summed E-state index contributed by atoms with van der Waals surface area (Å²) in [5, 5.41) is 10.6. The predicted molar refractivity (Wildman–Crippen MR) is 89.7 cm³/mol. The third kappa shape index (κ3) is 5.13. The number of unbranched alkanes of at least 4 members (excludes halogenated alkanes) is 1. The van der Waals surface area contributed by atoms with Crippen LogP contribution in [-0.4, -0.2) is 16.9 Å². The summed E-state index contributed by atoms with van der Waals surface area (Å²) < 4.78 is 10.5. The van der Waals surface area contributed by atoms with Crippen molar-refractivity contribution in [2.24, 2.45) is 0 Å². The number of hydrogen-bond acceptors (Lipinski definition) is 6. The SMILES string of the molecule is CCCCC(=O)Oc1ccccc1OC(=O)c1ccc([N+](=O)[O-])cc1. The van der Waals surface area contributed by atoms with E-state index in [2.05, 4.69) is 0 Å². The van der Waals surface area contributed by atoms with Crippen LogP contribution in [-0.2, 0) is 4.79 Å². The van der Waals surface area contributed by atoms with E-state index in [-0.39, 0.29) is 29.2 Å². The van der Waals surface area contributed by atoms with Crippen LogP contribution in [0.1, 0.15) is 36.5 Å². The summed E-state index contributed by atoms with van der Waals surface area (Å²) in [5.41, 5.74) is 0.0273. The Morgan fingerprint density at radius 3 is 2.16 bits per heavy atom. The number of nitrogens with zero attached hydrogens (tertiary/aromatic N) is 1. The molecule has 0 unspecified atom stereocenters. The highest BCUT2D eigenvalue weighted by molar-refractivity contribution is 5.91. The lowest BCUT2D eigenvalue weighted by Crippen LogP contribution is -2.12. The number of non-ortho nitro benzene ring substituents is 1. The summed E-state index contributed by atoms with van der Waals surface area (Å²) in [5.74, 6) is -0.845. The molecule has 2 aromatic rings. The number of esters is 2. The molecule has 0 heterocycles. The van der Waals surface area contributed by atoms with Crippen LogP contribution in [0.3, 0.4) is 0 Å². The van der Waals surface area contributed by atoms with E-state index in [1.165, 1.54) is 36.4 Å². The Kier molecular flexibility index (Phi) is 6.22. The number of nitro groups is 1. The molecule has 0 amide bonds. The summed E-state index contributed by atoms with van der Waals surface area (Å²) in [6.45, 7) is 1.97. The molecule has 2 rings (SSSR count). The van der Waals surface area contributed by atoms with Crippen LogP contribution in [0.15, 0.2) is 48.5 Å². The van der Waals surface area contributed by atoms with Gasteiger partial charge in [0, 0.05) is 18.6 Å². The molecule has 130 valence electrons. The van der Waals surface area contributed by atoms with Crippen molar-refractivity contribution in [2.45, 2.75) is 26.2 Å². The minimum absolute atomic E-state index is 0.107. The standard InChI is InChI=1S/C18H17NO6/c1-2-3-8-17(20)24-15-6-4-5-7-16(15)25-18(21)13-9-11-14(12-10-13)19(22)23/h4-7,9-12H,2-3,8H2,1H3. The van der Waals surface area contributed by atoms with Gasteiger partial charge in [-0.05, 0) is 30.7 Å². The molecule has 0 N–H and O–H groups in total. The van der Waals surface area contributed by atoms with E-state index in [0.717, 1.165) is 6.42 Å². The first-order chi connectivity index (χ1) is 12.0. The highest BCUT2D eigenvalue weighted by Crippen LogP contribution is 2.28. The minimum Gasteiger partial charge on any atom is -0.423 e. The van der Waals surface area contributed by atoms with Crippen LogP contribution >= 0.6 is 0 Å². The fourth-order valence-corrected chi connectivity index (χ4v) is 1.99. The maximum absolute atomic E-state index is 12.2. The zero-order valence-corrected chi connectivity index (χ0v) is 13.6. The number of nitro benzene ring substituents is 1. The first-order valence-corrected chi connectivity index (χ1v) is 7.77. The number of carbonyl (C=O) groups excluding carboxylic acids is 2. The smallest absolute Gasteiger partial charge is 0.343 e. The zero-order chi connectivity index (χ0) is 18.2. The highest BCUT2D eigenvalue weighted by Gasteiger charge is 2.15. The van der Waals surface area contributed by atoms with Gasteiger partial charge in [-0.25, -0.2) is 4.79 Å². The lowest BCUT2D eigenvalue weighted by atomic mass is 10.2. The van der Waals surface area contributed by atoms with E-state index in [9.17, 15) is 19.7 Å². The zero-order valence-electron chi connectivity index (χ0n) is 13.6. The molecule has 0 bridgehead atoms. The van der Waals surface area contributed by atoms with Crippen LogP contribution in [0.2, 0.25) is 0 Å². The van der Waals surface area contributed by atoms with Crippen LogP contribution in [0.4, 0.5) is 5.69 Å². The van der Waals surface area contributed by atoms with E-state index in [1.54, 1.807) is 12.1 Å². The fourth-order valence-electron chi connectivity index (χ4n) is 1.99. The lowest BCUT2D eigenvalue weighted by Gasteiger charge is -2.10. The maximum Gasteiger partial charge on any atom is 0.343 e. The van der Waals surface area contributed by atoms with Gasteiger partial charge in [-0.2, -0.15) is 0 Å². The molecule has 0 aliphatic carbocycles. The van der Waals surface area contributed by atoms with Gasteiger partial charge in [0.15, 0.2) is 11.5 Å². The average Bonchev–Trinajstić information content (AvgIpc) is 2.61. The Morgan fingerprint density at radius 1 is 1.00 bits per heavy atom. The number of benzene rings is 2. The van der Waals surface area contributed by atoms with E-state index < -0.39 is 16.9 Å². The van der Waals surface area contributed by atoms with E-state index in [0.29, 0.717) is 6.42 Å². The van der Waals surface area contributed by atoms with Gasteiger partial charge in [0.1, 0.15) is 0 Å². The van der Waals surface area contributed by atoms with Crippen molar-refractivity contribution in [1.82, 2.24) is 0 Å². The van der Waals surface area contributed by atoms with Crippen molar-refractivity contribution in [3.8, 4) is 11.5 Å². The van der Waals surface area contributed by atoms with Gasteiger partial charge in [-0.15, -0.1) is 0 Å². The second-order valence-electron chi connectivity index (χ2n) is 5.22. The maximum atomic E-state index is 12.2. The molecular formula is C18H17NO6. The van der Waals surface area contributed by atoms with E-state index in [4.69, 9.17) is 9.47 Å². The molecule has 7 heteroatoms. The van der Waals surface area contributed by atoms with Crippen molar-refractivity contribution in [3.05, 3.63) is 64.2 Å². The van der Waals surface area contributed by atoms with Gasteiger partial charge < -0.3 is 9.47 Å². The van der Waals surface area contributed by atoms with E-state index in [1.807, 2.05) is 6.92 Å². The number of carbonyl (C=O) groups is 2. The predicted octanol–water partition coefficient (Wildman–Crippen LogP) is 3.91. The second-order valence-corrected chi connectivity index (χ2v) is 5.22. The van der Waals surface area contributed by atoms with Crippen molar-refractivity contribution < 1.29 is 24.0 Å². The largest absolute Gasteiger partial charge is 0.423 e. The normalized spacial score (nSPS) is 10.1. The summed E-state index contributed by atoms with van der Waals surface area (Å²) in [6.07, 6.45) is 1.86. The molecule has 0 spiro atoms. The van der Waals surface area contributed by atoms with Gasteiger partial charge in [0.25, 0.3) is 5.69 Å². The van der Waals surface area contributed by atoms with Crippen molar-refractivity contribution in [1.29, 1.82) is 0 Å². The number of rotatable bonds is 7. The molecular weight excluding hydrogens is 326 g/mol. The highest BCUT2D eigenvalue weighted by atomic mass is 16.6. The Balaban J connectivity index is 2.10. The van der Waals surface area contributed by atoms with Crippen molar-refractivity contribution in [3.63, 3.8) is 0 Å². The Hall–Kier alpha value is -3.22. The molecule has 2 aromatic carbocycles. The van der Waals surface area contributed by atoms with Gasteiger partial charge in [0.2, 0.25) is 0 Å². The molecule has 0 aromatic heterocycles. The molecule has 0 fully saturated rings. The average molecular weight is 343 g/mol. The molecule has 7 nitrogen and oxygen atoms in total. The van der Waals surface area contributed by atoms with Crippen molar-refractivity contribution in [2.75, 3.05) is 0 Å². The third-order valence-corrected chi connectivity index (χ3v) is 3.32. The Morgan fingerprint density at radius 2 is 1.60 bits per heavy atom. The van der Waals surface area contributed by atoms with Gasteiger partial charge >= 0.3 is 11.9 Å². The molecule has 0 radical (unpaired) electrons. The first-order valence-electron chi connectivity index (χ1n) is 7.77. The molecule has 0 aliphatic rings. The number of ether oxygens (including phenoxy) is 2. The monoisotopic (exact) mass is 343 g/mol. The number of para-hydroxylation sites is 2. The Bertz CT molecular complexity index is 769. The second kappa shape index (κ2) is 8.58. The lowest BCUT2D eigenvalue weighted by molar-refractivity contribution is -0.384. The summed E-state index contributed by atoms with van der Waals surface area (Å²) in [4.78, 5) is 34.0. The van der Waals surface area contributed by atoms with Crippen LogP contribution < -0.4 is 9.47 Å². The number of hydrogen-bond donors (Lipinski definition) is 0. The van der Waals surface area contributed by atoms with Gasteiger partial charge in [0.05, 0.1) is 10.5 Å². The van der Waals surface area contributed by atoms with Crippen LogP contribution in [0, 0.1) is 10.1 Å². The topological polar surface area (TPSA) is 95.7 Å². The van der Waals surface area contributed by atoms with Crippen LogP contribution in [0.5, 0.6) is 11.5 Å². The van der Waals surface area contributed by atoms with Crippen LogP contribution in [0.25, 0.3) is 0 Å². The summed E-state index contributed by atoms with van der Waals surface area (Å²) in [6, 6.07) is 11.4. The summed E-state index contributed by atoms with van der Waals surface area (Å²) in [7, 11) is 0. The third-order valence-electron chi connectivity index (χ3n) is 3.32.